The van der Waals surface area contributed by atoms with E-state index in [1.165, 1.54) is 4.88 Å². The van der Waals surface area contributed by atoms with Gasteiger partial charge in [-0.2, -0.15) is 0 Å². The molecule has 0 amide bonds. The smallest absolute Gasteiger partial charge is 0.216 e. The number of aryl methyl sites for hydroxylation is 1. The lowest BCUT2D eigenvalue weighted by atomic mass is 10.3. The summed E-state index contributed by atoms with van der Waals surface area (Å²) in [7, 11) is -3.28. The SMILES string of the molecule is CCNCC(C)S(=O)(=O)NC(C)c1ccc(C)s1. The second kappa shape index (κ2) is 6.65. The van der Waals surface area contributed by atoms with Gasteiger partial charge in [-0.1, -0.05) is 6.92 Å². The van der Waals surface area contributed by atoms with E-state index in [0.717, 1.165) is 11.4 Å². The number of hydrogen-bond acceptors (Lipinski definition) is 4. The van der Waals surface area contributed by atoms with E-state index in [1.54, 1.807) is 18.3 Å². The van der Waals surface area contributed by atoms with Crippen molar-refractivity contribution in [2.75, 3.05) is 13.1 Å². The molecule has 0 spiro atoms. The van der Waals surface area contributed by atoms with Crippen LogP contribution >= 0.6 is 11.3 Å². The number of rotatable bonds is 7. The predicted octanol–water partition coefficient (Wildman–Crippen LogP) is 2.03. The van der Waals surface area contributed by atoms with Gasteiger partial charge in [-0.05, 0) is 39.4 Å². The van der Waals surface area contributed by atoms with Crippen molar-refractivity contribution in [2.24, 2.45) is 0 Å². The van der Waals surface area contributed by atoms with Crippen LogP contribution in [0.2, 0.25) is 0 Å². The van der Waals surface area contributed by atoms with Crippen molar-refractivity contribution in [2.45, 2.75) is 39.0 Å². The fraction of sp³-hybridized carbons (Fsp3) is 0.667. The highest BCUT2D eigenvalue weighted by atomic mass is 32.2. The highest BCUT2D eigenvalue weighted by Crippen LogP contribution is 2.23. The molecule has 4 nitrogen and oxygen atoms in total. The van der Waals surface area contributed by atoms with Crippen LogP contribution in [-0.2, 0) is 10.0 Å². The van der Waals surface area contributed by atoms with Crippen LogP contribution in [0.15, 0.2) is 12.1 Å². The Balaban J connectivity index is 2.65. The van der Waals surface area contributed by atoms with Gasteiger partial charge in [-0.25, -0.2) is 13.1 Å². The quantitative estimate of drug-likeness (QED) is 0.808. The molecule has 0 radical (unpaired) electrons. The molecule has 1 aromatic heterocycles. The van der Waals surface area contributed by atoms with Crippen LogP contribution in [0.3, 0.4) is 0 Å². The van der Waals surface area contributed by atoms with Crippen LogP contribution in [0.4, 0.5) is 0 Å². The largest absolute Gasteiger partial charge is 0.316 e. The van der Waals surface area contributed by atoms with E-state index in [2.05, 4.69) is 10.0 Å². The Hall–Kier alpha value is -0.430. The first-order valence-electron chi connectivity index (χ1n) is 6.15. The highest BCUT2D eigenvalue weighted by Gasteiger charge is 2.23. The summed E-state index contributed by atoms with van der Waals surface area (Å²) in [5, 5.41) is 2.63. The molecule has 104 valence electrons. The van der Waals surface area contributed by atoms with Gasteiger partial charge in [0.1, 0.15) is 0 Å². The molecule has 0 aliphatic heterocycles. The second-order valence-corrected chi connectivity index (χ2v) is 7.90. The van der Waals surface area contributed by atoms with Gasteiger partial charge in [0.15, 0.2) is 0 Å². The maximum absolute atomic E-state index is 12.1. The lowest BCUT2D eigenvalue weighted by molar-refractivity contribution is 0.548. The van der Waals surface area contributed by atoms with E-state index in [1.807, 2.05) is 32.9 Å². The van der Waals surface area contributed by atoms with Crippen LogP contribution in [0.25, 0.3) is 0 Å². The molecule has 1 heterocycles. The third kappa shape index (κ3) is 4.35. The highest BCUT2D eigenvalue weighted by molar-refractivity contribution is 7.90. The zero-order valence-electron chi connectivity index (χ0n) is 11.4. The van der Waals surface area contributed by atoms with Crippen molar-refractivity contribution in [3.8, 4) is 0 Å². The molecule has 2 unspecified atom stereocenters. The Morgan fingerprint density at radius 2 is 2.00 bits per heavy atom. The summed E-state index contributed by atoms with van der Waals surface area (Å²) in [6.45, 7) is 8.83. The van der Waals surface area contributed by atoms with Gasteiger partial charge in [0.05, 0.1) is 11.3 Å². The molecule has 0 aromatic carbocycles. The lowest BCUT2D eigenvalue weighted by Gasteiger charge is -2.18. The second-order valence-electron chi connectivity index (χ2n) is 4.45. The summed E-state index contributed by atoms with van der Waals surface area (Å²) < 4.78 is 26.9. The van der Waals surface area contributed by atoms with Crippen LogP contribution < -0.4 is 10.0 Å². The zero-order valence-corrected chi connectivity index (χ0v) is 13.0. The van der Waals surface area contributed by atoms with Crippen molar-refractivity contribution in [3.05, 3.63) is 21.9 Å². The molecule has 0 bridgehead atoms. The minimum absolute atomic E-state index is 0.169. The monoisotopic (exact) mass is 290 g/mol. The molecular weight excluding hydrogens is 268 g/mol. The maximum Gasteiger partial charge on any atom is 0.216 e. The molecule has 0 saturated heterocycles. The lowest BCUT2D eigenvalue weighted by Crippen LogP contribution is -2.39. The Morgan fingerprint density at radius 3 is 2.50 bits per heavy atom. The molecule has 1 rings (SSSR count). The van der Waals surface area contributed by atoms with E-state index in [0.29, 0.717) is 6.54 Å². The fourth-order valence-electron chi connectivity index (χ4n) is 1.56. The minimum atomic E-state index is -3.28. The Morgan fingerprint density at radius 1 is 1.33 bits per heavy atom. The van der Waals surface area contributed by atoms with E-state index >= 15 is 0 Å². The molecule has 1 aromatic rings. The molecule has 0 aliphatic carbocycles. The summed E-state index contributed by atoms with van der Waals surface area (Å²) in [5.41, 5.74) is 0. The molecule has 6 heteroatoms. The average Bonchev–Trinajstić information content (AvgIpc) is 2.72. The Kier molecular flexibility index (Phi) is 5.78. The topological polar surface area (TPSA) is 58.2 Å². The number of hydrogen-bond donors (Lipinski definition) is 2. The summed E-state index contributed by atoms with van der Waals surface area (Å²) in [4.78, 5) is 2.24. The van der Waals surface area contributed by atoms with E-state index in [4.69, 9.17) is 0 Å². The average molecular weight is 290 g/mol. The van der Waals surface area contributed by atoms with Crippen molar-refractivity contribution in [1.82, 2.24) is 10.0 Å². The summed E-state index contributed by atoms with van der Waals surface area (Å²) in [6, 6.07) is 3.81. The molecular formula is C12H22N2O2S2. The van der Waals surface area contributed by atoms with Gasteiger partial charge < -0.3 is 5.32 Å². The zero-order chi connectivity index (χ0) is 13.8. The van der Waals surface area contributed by atoms with Crippen LogP contribution in [0.1, 0.15) is 36.6 Å². The number of nitrogens with one attached hydrogen (secondary N) is 2. The van der Waals surface area contributed by atoms with Gasteiger partial charge in [0, 0.05) is 16.3 Å². The minimum Gasteiger partial charge on any atom is -0.316 e. The van der Waals surface area contributed by atoms with Crippen molar-refractivity contribution >= 4 is 21.4 Å². The summed E-state index contributed by atoms with van der Waals surface area (Å²) in [6.07, 6.45) is 0. The molecule has 2 atom stereocenters. The number of sulfonamides is 1. The van der Waals surface area contributed by atoms with Crippen LogP contribution in [-0.4, -0.2) is 26.8 Å². The molecule has 0 aliphatic rings. The predicted molar refractivity (Wildman–Crippen MR) is 77.5 cm³/mol. The number of thiophene rings is 1. The maximum atomic E-state index is 12.1. The van der Waals surface area contributed by atoms with E-state index in [9.17, 15) is 8.42 Å². The van der Waals surface area contributed by atoms with Gasteiger partial charge in [0.2, 0.25) is 10.0 Å². The summed E-state index contributed by atoms with van der Waals surface area (Å²) >= 11 is 1.62. The normalized spacial score (nSPS) is 15.6. The Labute approximate surface area is 114 Å². The van der Waals surface area contributed by atoms with Crippen LogP contribution in [0, 0.1) is 6.92 Å². The first kappa shape index (κ1) is 15.6. The Bertz CT molecular complexity index is 468. The van der Waals surface area contributed by atoms with Crippen molar-refractivity contribution in [1.29, 1.82) is 0 Å². The van der Waals surface area contributed by atoms with E-state index in [-0.39, 0.29) is 6.04 Å². The standard InChI is InChI=1S/C12H22N2O2S2/c1-5-13-8-10(3)18(15,16)14-11(4)12-7-6-9(2)17-12/h6-7,10-11,13-14H,5,8H2,1-4H3. The van der Waals surface area contributed by atoms with Crippen molar-refractivity contribution in [3.63, 3.8) is 0 Å². The third-order valence-corrected chi connectivity index (χ3v) is 5.83. The first-order valence-corrected chi connectivity index (χ1v) is 8.51. The van der Waals surface area contributed by atoms with Gasteiger partial charge in [-0.15, -0.1) is 11.3 Å². The first-order chi connectivity index (χ1) is 8.36. The van der Waals surface area contributed by atoms with E-state index < -0.39 is 15.3 Å². The third-order valence-electron chi connectivity index (χ3n) is 2.74. The fourth-order valence-corrected chi connectivity index (χ4v) is 3.71. The molecule has 2 N–H and O–H groups in total. The summed E-state index contributed by atoms with van der Waals surface area (Å²) in [5.74, 6) is 0. The molecule has 0 saturated carbocycles. The van der Waals surface area contributed by atoms with Gasteiger partial charge in [-0.3, -0.25) is 0 Å². The molecule has 18 heavy (non-hydrogen) atoms. The van der Waals surface area contributed by atoms with Gasteiger partial charge >= 0.3 is 0 Å². The van der Waals surface area contributed by atoms with Gasteiger partial charge in [0.25, 0.3) is 0 Å². The van der Waals surface area contributed by atoms with Crippen LogP contribution in [0.5, 0.6) is 0 Å². The molecule has 0 fully saturated rings. The van der Waals surface area contributed by atoms with Crippen molar-refractivity contribution < 1.29 is 8.42 Å².